The van der Waals surface area contributed by atoms with E-state index in [1.807, 2.05) is 24.3 Å². The summed E-state index contributed by atoms with van der Waals surface area (Å²) >= 11 is 1.53. The Balaban J connectivity index is 1.75. The third-order valence-electron chi connectivity index (χ3n) is 3.92. The number of fused-ring (bicyclic) bond motifs is 1. The molecule has 0 aliphatic rings. The second kappa shape index (κ2) is 7.47. The Labute approximate surface area is 152 Å². The van der Waals surface area contributed by atoms with Crippen LogP contribution in [0.3, 0.4) is 0 Å². The summed E-state index contributed by atoms with van der Waals surface area (Å²) < 4.78 is 39.1. The molecular weight excluding hydrogens is 363 g/mol. The van der Waals surface area contributed by atoms with Crippen molar-refractivity contribution in [2.45, 2.75) is 19.1 Å². The quantitative estimate of drug-likeness (QED) is 0.582. The third kappa shape index (κ3) is 4.42. The first-order chi connectivity index (χ1) is 12.3. The smallest absolute Gasteiger partial charge is 0.416 e. The lowest BCUT2D eigenvalue weighted by Crippen LogP contribution is -2.17. The molecule has 0 saturated carbocycles. The second-order valence-corrected chi connectivity index (χ2v) is 6.96. The highest BCUT2D eigenvalue weighted by molar-refractivity contribution is 7.22. The SMILES string of the molecule is O=C(O)CCNCc1ccc2sc(-c3ccc(C(F)(F)F)cc3)cc2c1. The van der Waals surface area contributed by atoms with Gasteiger partial charge in [0.1, 0.15) is 0 Å². The van der Waals surface area contributed by atoms with E-state index in [4.69, 9.17) is 5.11 Å². The van der Waals surface area contributed by atoms with Crippen molar-refractivity contribution in [1.29, 1.82) is 0 Å². The molecule has 0 fully saturated rings. The molecule has 0 spiro atoms. The molecule has 0 unspecified atom stereocenters. The molecule has 136 valence electrons. The van der Waals surface area contributed by atoms with Gasteiger partial charge in [-0.3, -0.25) is 4.79 Å². The van der Waals surface area contributed by atoms with Gasteiger partial charge in [-0.05, 0) is 46.8 Å². The normalized spacial score (nSPS) is 11.8. The number of nitrogens with one attached hydrogen (secondary N) is 1. The van der Waals surface area contributed by atoms with Gasteiger partial charge in [-0.1, -0.05) is 18.2 Å². The summed E-state index contributed by atoms with van der Waals surface area (Å²) in [4.78, 5) is 11.4. The molecular formula is C19H16F3NO2S. The number of aliphatic carboxylic acids is 1. The van der Waals surface area contributed by atoms with E-state index in [-0.39, 0.29) is 6.42 Å². The number of hydrogen-bond acceptors (Lipinski definition) is 3. The Morgan fingerprint density at radius 3 is 2.46 bits per heavy atom. The summed E-state index contributed by atoms with van der Waals surface area (Å²) in [6.07, 6.45) is -4.26. The van der Waals surface area contributed by atoms with Crippen LogP contribution in [-0.2, 0) is 17.5 Å². The zero-order valence-corrected chi connectivity index (χ0v) is 14.5. The summed E-state index contributed by atoms with van der Waals surface area (Å²) in [5.74, 6) is -0.841. The highest BCUT2D eigenvalue weighted by Gasteiger charge is 2.30. The van der Waals surface area contributed by atoms with Crippen LogP contribution in [0.25, 0.3) is 20.5 Å². The van der Waals surface area contributed by atoms with Crippen molar-refractivity contribution < 1.29 is 23.1 Å². The predicted molar refractivity (Wildman–Crippen MR) is 96.2 cm³/mol. The van der Waals surface area contributed by atoms with E-state index < -0.39 is 17.7 Å². The molecule has 2 aromatic carbocycles. The fourth-order valence-electron chi connectivity index (χ4n) is 2.60. The average Bonchev–Trinajstić information content (AvgIpc) is 3.01. The molecule has 26 heavy (non-hydrogen) atoms. The molecule has 1 aromatic heterocycles. The van der Waals surface area contributed by atoms with Gasteiger partial charge in [0.05, 0.1) is 12.0 Å². The van der Waals surface area contributed by atoms with Crippen molar-refractivity contribution in [2.75, 3.05) is 6.54 Å². The van der Waals surface area contributed by atoms with Crippen LogP contribution in [0.1, 0.15) is 17.5 Å². The lowest BCUT2D eigenvalue weighted by atomic mass is 10.1. The molecule has 0 aliphatic heterocycles. The topological polar surface area (TPSA) is 49.3 Å². The molecule has 7 heteroatoms. The maximum atomic E-state index is 12.7. The van der Waals surface area contributed by atoms with E-state index >= 15 is 0 Å². The minimum absolute atomic E-state index is 0.0682. The summed E-state index contributed by atoms with van der Waals surface area (Å²) in [6, 6.07) is 13.1. The van der Waals surface area contributed by atoms with Gasteiger partial charge in [-0.25, -0.2) is 0 Å². The van der Waals surface area contributed by atoms with E-state index in [1.165, 1.54) is 23.5 Å². The highest BCUT2D eigenvalue weighted by Crippen LogP contribution is 2.36. The lowest BCUT2D eigenvalue weighted by Gasteiger charge is -2.06. The number of carboxylic acid groups (broad SMARTS) is 1. The van der Waals surface area contributed by atoms with E-state index in [2.05, 4.69) is 5.32 Å². The number of carbonyl (C=O) groups is 1. The van der Waals surface area contributed by atoms with Crippen molar-refractivity contribution in [3.63, 3.8) is 0 Å². The van der Waals surface area contributed by atoms with E-state index in [9.17, 15) is 18.0 Å². The summed E-state index contributed by atoms with van der Waals surface area (Å²) in [6.45, 7) is 0.961. The molecule has 1 heterocycles. The van der Waals surface area contributed by atoms with Crippen molar-refractivity contribution in [3.8, 4) is 10.4 Å². The van der Waals surface area contributed by atoms with Crippen LogP contribution >= 0.6 is 11.3 Å². The number of carboxylic acids is 1. The Bertz CT molecular complexity index is 917. The molecule has 0 amide bonds. The minimum atomic E-state index is -4.33. The largest absolute Gasteiger partial charge is 0.481 e. The van der Waals surface area contributed by atoms with Gasteiger partial charge in [-0.2, -0.15) is 13.2 Å². The molecule has 3 rings (SSSR count). The van der Waals surface area contributed by atoms with Crippen molar-refractivity contribution in [1.82, 2.24) is 5.32 Å². The van der Waals surface area contributed by atoms with Crippen LogP contribution in [0, 0.1) is 0 Å². The standard InChI is InChI=1S/C19H16F3NO2S/c20-19(21,22)15-4-2-13(3-5-15)17-10-14-9-12(1-6-16(14)26-17)11-23-8-7-18(24)25/h1-6,9-10,23H,7-8,11H2,(H,24,25). The van der Waals surface area contributed by atoms with Crippen LogP contribution in [0.4, 0.5) is 13.2 Å². The lowest BCUT2D eigenvalue weighted by molar-refractivity contribution is -0.138. The zero-order valence-electron chi connectivity index (χ0n) is 13.6. The fourth-order valence-corrected chi connectivity index (χ4v) is 3.65. The molecule has 3 nitrogen and oxygen atoms in total. The maximum absolute atomic E-state index is 12.7. The van der Waals surface area contributed by atoms with Crippen molar-refractivity contribution in [3.05, 3.63) is 59.7 Å². The van der Waals surface area contributed by atoms with Crippen LogP contribution < -0.4 is 5.32 Å². The molecule has 0 atom stereocenters. The first-order valence-electron chi connectivity index (χ1n) is 7.95. The molecule has 0 aliphatic carbocycles. The van der Waals surface area contributed by atoms with Crippen LogP contribution in [0.15, 0.2) is 48.5 Å². The Kier molecular flexibility index (Phi) is 5.29. The van der Waals surface area contributed by atoms with Gasteiger partial charge in [-0.15, -0.1) is 11.3 Å². The highest BCUT2D eigenvalue weighted by atomic mass is 32.1. The number of halogens is 3. The second-order valence-electron chi connectivity index (χ2n) is 5.88. The molecule has 0 bridgehead atoms. The van der Waals surface area contributed by atoms with E-state index in [0.717, 1.165) is 38.2 Å². The van der Waals surface area contributed by atoms with Crippen LogP contribution in [0.5, 0.6) is 0 Å². The number of alkyl halides is 3. The van der Waals surface area contributed by atoms with E-state index in [1.54, 1.807) is 0 Å². The average molecular weight is 379 g/mol. The summed E-state index contributed by atoms with van der Waals surface area (Å²) in [5, 5.41) is 12.7. The first kappa shape index (κ1) is 18.4. The third-order valence-corrected chi connectivity index (χ3v) is 5.09. The number of rotatable bonds is 6. The van der Waals surface area contributed by atoms with Crippen LogP contribution in [0.2, 0.25) is 0 Å². The van der Waals surface area contributed by atoms with Gasteiger partial charge < -0.3 is 10.4 Å². The molecule has 0 radical (unpaired) electrons. The number of thiophene rings is 1. The Hall–Kier alpha value is -2.38. The Morgan fingerprint density at radius 1 is 1.08 bits per heavy atom. The van der Waals surface area contributed by atoms with Gasteiger partial charge in [0.15, 0.2) is 0 Å². The van der Waals surface area contributed by atoms with Crippen molar-refractivity contribution >= 4 is 27.4 Å². The summed E-state index contributed by atoms with van der Waals surface area (Å²) in [5.41, 5.74) is 1.12. The van der Waals surface area contributed by atoms with Gasteiger partial charge in [0.25, 0.3) is 0 Å². The van der Waals surface area contributed by atoms with Gasteiger partial charge in [0.2, 0.25) is 0 Å². The van der Waals surface area contributed by atoms with Crippen molar-refractivity contribution in [2.24, 2.45) is 0 Å². The number of hydrogen-bond donors (Lipinski definition) is 2. The van der Waals surface area contributed by atoms with Gasteiger partial charge >= 0.3 is 12.1 Å². The Morgan fingerprint density at radius 2 is 1.81 bits per heavy atom. The zero-order chi connectivity index (χ0) is 18.7. The fraction of sp³-hybridized carbons (Fsp3) is 0.211. The van der Waals surface area contributed by atoms with E-state index in [0.29, 0.717) is 13.1 Å². The number of benzene rings is 2. The van der Waals surface area contributed by atoms with Gasteiger partial charge in [0, 0.05) is 22.7 Å². The maximum Gasteiger partial charge on any atom is 0.416 e. The first-order valence-corrected chi connectivity index (χ1v) is 8.77. The minimum Gasteiger partial charge on any atom is -0.481 e. The predicted octanol–water partition coefficient (Wildman–Crippen LogP) is 5.15. The monoisotopic (exact) mass is 379 g/mol. The van der Waals surface area contributed by atoms with Crippen LogP contribution in [-0.4, -0.2) is 17.6 Å². The summed E-state index contributed by atoms with van der Waals surface area (Å²) in [7, 11) is 0. The molecule has 0 saturated heterocycles. The molecule has 3 aromatic rings. The molecule has 2 N–H and O–H groups in total.